The fourth-order valence-electron chi connectivity index (χ4n) is 1.77. The lowest BCUT2D eigenvalue weighted by Crippen LogP contribution is -2.02. The SMILES string of the molecule is N#Cc1ncn(-c2ncnc3cc(C(=O)O)ccc23)n1. The Morgan fingerprint density at radius 2 is 2.15 bits per heavy atom. The third-order valence-electron chi connectivity index (χ3n) is 2.67. The third kappa shape index (κ3) is 1.83. The number of carboxylic acid groups (broad SMARTS) is 1. The number of hydrogen-bond acceptors (Lipinski definition) is 6. The van der Waals surface area contributed by atoms with Crippen LogP contribution in [-0.2, 0) is 0 Å². The number of aromatic carboxylic acids is 1. The van der Waals surface area contributed by atoms with Crippen molar-refractivity contribution in [2.24, 2.45) is 0 Å². The fraction of sp³-hybridized carbons (Fsp3) is 0. The van der Waals surface area contributed by atoms with Crippen LogP contribution in [0.4, 0.5) is 0 Å². The van der Waals surface area contributed by atoms with Crippen molar-refractivity contribution in [1.29, 1.82) is 5.26 Å². The van der Waals surface area contributed by atoms with Gasteiger partial charge < -0.3 is 5.11 Å². The van der Waals surface area contributed by atoms with Crippen molar-refractivity contribution in [3.63, 3.8) is 0 Å². The van der Waals surface area contributed by atoms with E-state index in [1.807, 2.05) is 6.07 Å². The van der Waals surface area contributed by atoms with Gasteiger partial charge in [0.2, 0.25) is 0 Å². The van der Waals surface area contributed by atoms with E-state index in [-0.39, 0.29) is 11.4 Å². The van der Waals surface area contributed by atoms with Crippen molar-refractivity contribution in [2.75, 3.05) is 0 Å². The maximum Gasteiger partial charge on any atom is 0.335 e. The Hall–Kier alpha value is -3.34. The monoisotopic (exact) mass is 266 g/mol. The number of hydrogen-bond donors (Lipinski definition) is 1. The van der Waals surface area contributed by atoms with E-state index in [0.717, 1.165) is 0 Å². The number of nitrogens with zero attached hydrogens (tertiary/aromatic N) is 6. The van der Waals surface area contributed by atoms with E-state index in [1.54, 1.807) is 6.07 Å². The van der Waals surface area contributed by atoms with Gasteiger partial charge in [-0.2, -0.15) is 5.26 Å². The van der Waals surface area contributed by atoms with Crippen LogP contribution in [0.25, 0.3) is 16.7 Å². The molecule has 0 amide bonds. The lowest BCUT2D eigenvalue weighted by atomic mass is 10.1. The number of aromatic nitrogens is 5. The second-order valence-corrected chi connectivity index (χ2v) is 3.86. The van der Waals surface area contributed by atoms with E-state index in [4.69, 9.17) is 10.4 Å². The molecule has 1 N–H and O–H groups in total. The lowest BCUT2D eigenvalue weighted by molar-refractivity contribution is 0.0697. The van der Waals surface area contributed by atoms with E-state index in [1.165, 1.54) is 29.5 Å². The van der Waals surface area contributed by atoms with Gasteiger partial charge in [0.1, 0.15) is 18.7 Å². The molecule has 2 aromatic heterocycles. The molecule has 96 valence electrons. The standard InChI is InChI=1S/C12H6N6O2/c13-4-10-16-6-18(17-10)11-8-2-1-7(12(19)20)3-9(8)14-5-15-11/h1-3,5-6H,(H,19,20). The summed E-state index contributed by atoms with van der Waals surface area (Å²) in [7, 11) is 0. The molecule has 0 radical (unpaired) electrons. The highest BCUT2D eigenvalue weighted by molar-refractivity contribution is 5.94. The van der Waals surface area contributed by atoms with Gasteiger partial charge in [-0.3, -0.25) is 0 Å². The highest BCUT2D eigenvalue weighted by Crippen LogP contribution is 2.19. The van der Waals surface area contributed by atoms with Gasteiger partial charge in [-0.25, -0.2) is 24.4 Å². The zero-order chi connectivity index (χ0) is 14.1. The highest BCUT2D eigenvalue weighted by atomic mass is 16.4. The Kier molecular flexibility index (Phi) is 2.58. The first-order valence-corrected chi connectivity index (χ1v) is 5.49. The minimum absolute atomic E-state index is 0.0268. The summed E-state index contributed by atoms with van der Waals surface area (Å²) in [6, 6.07) is 6.33. The van der Waals surface area contributed by atoms with Crippen LogP contribution in [0.5, 0.6) is 0 Å². The minimum Gasteiger partial charge on any atom is -0.478 e. The fourth-order valence-corrected chi connectivity index (χ4v) is 1.77. The van der Waals surface area contributed by atoms with Gasteiger partial charge in [0, 0.05) is 5.39 Å². The molecule has 8 heteroatoms. The van der Waals surface area contributed by atoms with E-state index < -0.39 is 5.97 Å². The lowest BCUT2D eigenvalue weighted by Gasteiger charge is -2.04. The largest absolute Gasteiger partial charge is 0.478 e. The summed E-state index contributed by atoms with van der Waals surface area (Å²) >= 11 is 0. The summed E-state index contributed by atoms with van der Waals surface area (Å²) in [5.74, 6) is -0.570. The van der Waals surface area contributed by atoms with Crippen LogP contribution < -0.4 is 0 Å². The Bertz CT molecular complexity index is 864. The molecular formula is C12H6N6O2. The molecule has 0 unspecified atom stereocenters. The van der Waals surface area contributed by atoms with Crippen LogP contribution in [0.2, 0.25) is 0 Å². The van der Waals surface area contributed by atoms with Gasteiger partial charge in [-0.05, 0) is 18.2 Å². The third-order valence-corrected chi connectivity index (χ3v) is 2.67. The van der Waals surface area contributed by atoms with E-state index >= 15 is 0 Å². The normalized spacial score (nSPS) is 10.3. The molecule has 3 rings (SSSR count). The average Bonchev–Trinajstić information content (AvgIpc) is 2.94. The van der Waals surface area contributed by atoms with E-state index in [9.17, 15) is 4.79 Å². The summed E-state index contributed by atoms with van der Waals surface area (Å²) < 4.78 is 1.35. The molecule has 8 nitrogen and oxygen atoms in total. The average molecular weight is 266 g/mol. The Labute approximate surface area is 112 Å². The molecule has 2 heterocycles. The topological polar surface area (TPSA) is 118 Å². The summed E-state index contributed by atoms with van der Waals surface area (Å²) in [5.41, 5.74) is 0.613. The van der Waals surface area contributed by atoms with Gasteiger partial charge in [0.15, 0.2) is 5.82 Å². The number of carboxylic acids is 1. The van der Waals surface area contributed by atoms with Crippen LogP contribution in [0.3, 0.4) is 0 Å². The first-order valence-electron chi connectivity index (χ1n) is 5.49. The van der Waals surface area contributed by atoms with Crippen molar-refractivity contribution < 1.29 is 9.90 Å². The number of rotatable bonds is 2. The summed E-state index contributed by atoms with van der Waals surface area (Å²) in [6.07, 6.45) is 2.67. The Morgan fingerprint density at radius 1 is 1.30 bits per heavy atom. The smallest absolute Gasteiger partial charge is 0.335 e. The van der Waals surface area contributed by atoms with Crippen LogP contribution in [-0.4, -0.2) is 35.8 Å². The van der Waals surface area contributed by atoms with Gasteiger partial charge in [-0.1, -0.05) is 0 Å². The van der Waals surface area contributed by atoms with Crippen LogP contribution in [0.1, 0.15) is 16.2 Å². The van der Waals surface area contributed by atoms with Crippen molar-refractivity contribution in [2.45, 2.75) is 0 Å². The number of carbonyl (C=O) groups is 1. The Morgan fingerprint density at radius 3 is 2.85 bits per heavy atom. The molecule has 1 aromatic carbocycles. The summed E-state index contributed by atoms with van der Waals surface area (Å²) in [6.45, 7) is 0. The quantitative estimate of drug-likeness (QED) is 0.728. The molecule has 0 spiro atoms. The summed E-state index contributed by atoms with van der Waals surface area (Å²) in [4.78, 5) is 22.9. The van der Waals surface area contributed by atoms with Crippen molar-refractivity contribution in [3.8, 4) is 11.9 Å². The van der Waals surface area contributed by atoms with Crippen LogP contribution >= 0.6 is 0 Å². The second kappa shape index (κ2) is 4.40. The van der Waals surface area contributed by atoms with E-state index in [0.29, 0.717) is 16.7 Å². The molecule has 0 bridgehead atoms. The zero-order valence-electron chi connectivity index (χ0n) is 9.93. The van der Waals surface area contributed by atoms with Crippen molar-refractivity contribution in [3.05, 3.63) is 42.2 Å². The van der Waals surface area contributed by atoms with Crippen molar-refractivity contribution >= 4 is 16.9 Å². The molecule has 20 heavy (non-hydrogen) atoms. The maximum absolute atomic E-state index is 10.9. The predicted molar refractivity (Wildman–Crippen MR) is 66.1 cm³/mol. The number of fused-ring (bicyclic) bond motifs is 1. The molecule has 0 fully saturated rings. The molecular weight excluding hydrogens is 260 g/mol. The molecule has 0 aliphatic carbocycles. The molecule has 3 aromatic rings. The number of benzene rings is 1. The van der Waals surface area contributed by atoms with Gasteiger partial charge >= 0.3 is 5.97 Å². The first kappa shape index (κ1) is 11.7. The zero-order valence-corrected chi connectivity index (χ0v) is 9.93. The van der Waals surface area contributed by atoms with Crippen molar-refractivity contribution in [1.82, 2.24) is 24.7 Å². The van der Waals surface area contributed by atoms with Gasteiger partial charge in [0.25, 0.3) is 5.82 Å². The minimum atomic E-state index is -1.03. The molecule has 0 aliphatic heterocycles. The molecule has 0 aliphatic rings. The molecule has 0 atom stereocenters. The van der Waals surface area contributed by atoms with Gasteiger partial charge in [0.05, 0.1) is 11.1 Å². The van der Waals surface area contributed by atoms with Gasteiger partial charge in [-0.15, -0.1) is 5.10 Å². The van der Waals surface area contributed by atoms with E-state index in [2.05, 4.69) is 20.1 Å². The summed E-state index contributed by atoms with van der Waals surface area (Å²) in [5, 5.41) is 22.2. The second-order valence-electron chi connectivity index (χ2n) is 3.86. The predicted octanol–water partition coefficient (Wildman–Crippen LogP) is 0.780. The Balaban J connectivity index is 2.22. The first-order chi connectivity index (χ1) is 9.69. The number of nitriles is 1. The molecule has 0 saturated heterocycles. The molecule has 0 saturated carbocycles. The highest BCUT2D eigenvalue weighted by Gasteiger charge is 2.11. The van der Waals surface area contributed by atoms with Crippen LogP contribution in [0.15, 0.2) is 30.9 Å². The van der Waals surface area contributed by atoms with Crippen LogP contribution in [0, 0.1) is 11.3 Å². The maximum atomic E-state index is 10.9.